The maximum atomic E-state index is 12.4. The summed E-state index contributed by atoms with van der Waals surface area (Å²) in [7, 11) is -1.97. The number of benzene rings is 1. The maximum Gasteiger partial charge on any atom is 0.246 e. The molecule has 0 fully saturated rings. The van der Waals surface area contributed by atoms with Crippen molar-refractivity contribution in [1.29, 1.82) is 0 Å². The van der Waals surface area contributed by atoms with Gasteiger partial charge in [0.15, 0.2) is 0 Å². The number of nitrogens with zero attached hydrogens (tertiary/aromatic N) is 3. The molecule has 0 aliphatic heterocycles. The zero-order valence-corrected chi connectivity index (χ0v) is 12.1. The smallest absolute Gasteiger partial charge is 0.246 e. The minimum atomic E-state index is -3.53. The SMILES string of the molecule is CN(Cc1ccccc1)S(=O)(=O)c1cnn(CCN)c1. The van der Waals surface area contributed by atoms with Crippen LogP contribution < -0.4 is 5.73 Å². The predicted octanol–water partition coefficient (Wildman–Crippen LogP) is 0.662. The van der Waals surface area contributed by atoms with Crippen molar-refractivity contribution in [2.45, 2.75) is 18.0 Å². The lowest BCUT2D eigenvalue weighted by Crippen LogP contribution is -2.26. The van der Waals surface area contributed by atoms with Gasteiger partial charge in [0.2, 0.25) is 10.0 Å². The summed E-state index contributed by atoms with van der Waals surface area (Å²) in [6.45, 7) is 1.24. The second-order valence-electron chi connectivity index (χ2n) is 4.47. The highest BCUT2D eigenvalue weighted by atomic mass is 32.2. The van der Waals surface area contributed by atoms with Crippen LogP contribution in [0.2, 0.25) is 0 Å². The summed E-state index contributed by atoms with van der Waals surface area (Å²) in [5.74, 6) is 0. The Balaban J connectivity index is 2.16. The zero-order valence-electron chi connectivity index (χ0n) is 11.3. The van der Waals surface area contributed by atoms with Crippen molar-refractivity contribution < 1.29 is 8.42 Å². The molecule has 2 aromatic rings. The van der Waals surface area contributed by atoms with Crippen molar-refractivity contribution in [2.75, 3.05) is 13.6 Å². The minimum Gasteiger partial charge on any atom is -0.329 e. The standard InChI is InChI=1S/C13H18N4O2S/c1-16(10-12-5-3-2-4-6-12)20(18,19)13-9-15-17(11-13)8-7-14/h2-6,9,11H,7-8,10,14H2,1H3. The first-order valence-corrected chi connectivity index (χ1v) is 7.71. The number of sulfonamides is 1. The van der Waals surface area contributed by atoms with Crippen LogP contribution in [0.4, 0.5) is 0 Å². The van der Waals surface area contributed by atoms with E-state index < -0.39 is 10.0 Å². The summed E-state index contributed by atoms with van der Waals surface area (Å²) in [6, 6.07) is 9.45. The molecule has 0 amide bonds. The first-order valence-electron chi connectivity index (χ1n) is 6.27. The Labute approximate surface area is 118 Å². The van der Waals surface area contributed by atoms with E-state index in [0.717, 1.165) is 5.56 Å². The van der Waals surface area contributed by atoms with Crippen LogP contribution in [0.15, 0.2) is 47.6 Å². The van der Waals surface area contributed by atoms with Crippen LogP contribution in [0.1, 0.15) is 5.56 Å². The molecule has 0 aliphatic carbocycles. The molecule has 7 heteroatoms. The van der Waals surface area contributed by atoms with Gasteiger partial charge in [-0.3, -0.25) is 4.68 Å². The van der Waals surface area contributed by atoms with Gasteiger partial charge in [-0.2, -0.15) is 9.40 Å². The van der Waals surface area contributed by atoms with E-state index >= 15 is 0 Å². The Morgan fingerprint density at radius 1 is 1.30 bits per heavy atom. The topological polar surface area (TPSA) is 81.2 Å². The van der Waals surface area contributed by atoms with E-state index in [1.807, 2.05) is 30.3 Å². The molecule has 0 spiro atoms. The van der Waals surface area contributed by atoms with Gasteiger partial charge >= 0.3 is 0 Å². The van der Waals surface area contributed by atoms with Gasteiger partial charge in [0.25, 0.3) is 0 Å². The van der Waals surface area contributed by atoms with Gasteiger partial charge in [-0.15, -0.1) is 0 Å². The fraction of sp³-hybridized carbons (Fsp3) is 0.308. The van der Waals surface area contributed by atoms with Gasteiger partial charge in [-0.25, -0.2) is 8.42 Å². The normalized spacial score (nSPS) is 11.9. The van der Waals surface area contributed by atoms with E-state index in [4.69, 9.17) is 5.73 Å². The molecule has 0 saturated heterocycles. The molecular weight excluding hydrogens is 276 g/mol. The maximum absolute atomic E-state index is 12.4. The zero-order chi connectivity index (χ0) is 14.6. The van der Waals surface area contributed by atoms with Crippen LogP contribution in [0.5, 0.6) is 0 Å². The van der Waals surface area contributed by atoms with E-state index in [1.165, 1.54) is 21.4 Å². The lowest BCUT2D eigenvalue weighted by molar-refractivity contribution is 0.466. The molecule has 1 aromatic heterocycles. The van der Waals surface area contributed by atoms with Gasteiger partial charge in [0, 0.05) is 26.3 Å². The van der Waals surface area contributed by atoms with Crippen LogP contribution >= 0.6 is 0 Å². The molecule has 1 aromatic carbocycles. The lowest BCUT2D eigenvalue weighted by Gasteiger charge is -2.15. The van der Waals surface area contributed by atoms with Crippen molar-refractivity contribution >= 4 is 10.0 Å². The molecule has 0 atom stereocenters. The summed E-state index contributed by atoms with van der Waals surface area (Å²) >= 11 is 0. The van der Waals surface area contributed by atoms with Crippen molar-refractivity contribution in [1.82, 2.24) is 14.1 Å². The van der Waals surface area contributed by atoms with Crippen molar-refractivity contribution in [3.05, 3.63) is 48.3 Å². The Hall–Kier alpha value is -1.70. The number of nitrogens with two attached hydrogens (primary N) is 1. The molecule has 6 nitrogen and oxygen atoms in total. The number of hydrogen-bond donors (Lipinski definition) is 1. The van der Waals surface area contributed by atoms with E-state index in [9.17, 15) is 8.42 Å². The molecule has 0 saturated carbocycles. The van der Waals surface area contributed by atoms with E-state index in [1.54, 1.807) is 7.05 Å². The summed E-state index contributed by atoms with van der Waals surface area (Å²) in [6.07, 6.45) is 2.86. The van der Waals surface area contributed by atoms with Gasteiger partial charge in [0.05, 0.1) is 12.7 Å². The van der Waals surface area contributed by atoms with E-state index in [2.05, 4.69) is 5.10 Å². The predicted molar refractivity (Wildman–Crippen MR) is 76.4 cm³/mol. The van der Waals surface area contributed by atoms with Crippen molar-refractivity contribution in [2.24, 2.45) is 5.73 Å². The van der Waals surface area contributed by atoms with Crippen LogP contribution in [0.25, 0.3) is 0 Å². The van der Waals surface area contributed by atoms with Gasteiger partial charge in [-0.05, 0) is 5.56 Å². The molecule has 2 N–H and O–H groups in total. The Morgan fingerprint density at radius 2 is 2.00 bits per heavy atom. The Morgan fingerprint density at radius 3 is 2.65 bits per heavy atom. The largest absolute Gasteiger partial charge is 0.329 e. The highest BCUT2D eigenvalue weighted by Gasteiger charge is 2.22. The third-order valence-electron chi connectivity index (χ3n) is 2.92. The second kappa shape index (κ2) is 6.17. The molecular formula is C13H18N4O2S. The van der Waals surface area contributed by atoms with Crippen LogP contribution in [-0.4, -0.2) is 36.1 Å². The first kappa shape index (κ1) is 14.7. The first-order chi connectivity index (χ1) is 9.54. The monoisotopic (exact) mass is 294 g/mol. The third kappa shape index (κ3) is 3.24. The summed E-state index contributed by atoms with van der Waals surface area (Å²) in [5, 5.41) is 3.99. The highest BCUT2D eigenvalue weighted by molar-refractivity contribution is 7.89. The fourth-order valence-corrected chi connectivity index (χ4v) is 2.95. The average Bonchev–Trinajstić information content (AvgIpc) is 2.89. The molecule has 0 aliphatic rings. The summed E-state index contributed by atoms with van der Waals surface area (Å²) in [5.41, 5.74) is 6.36. The molecule has 2 rings (SSSR count). The van der Waals surface area contributed by atoms with Gasteiger partial charge in [-0.1, -0.05) is 30.3 Å². The van der Waals surface area contributed by atoms with E-state index in [-0.39, 0.29) is 4.90 Å². The van der Waals surface area contributed by atoms with Crippen LogP contribution in [0.3, 0.4) is 0 Å². The summed E-state index contributed by atoms with van der Waals surface area (Å²) < 4.78 is 27.6. The van der Waals surface area contributed by atoms with E-state index in [0.29, 0.717) is 19.6 Å². The third-order valence-corrected chi connectivity index (χ3v) is 4.68. The molecule has 0 bridgehead atoms. The minimum absolute atomic E-state index is 0.185. The molecule has 0 unspecified atom stereocenters. The van der Waals surface area contributed by atoms with Crippen LogP contribution in [0, 0.1) is 0 Å². The Bertz CT molecular complexity index is 652. The number of aromatic nitrogens is 2. The highest BCUT2D eigenvalue weighted by Crippen LogP contribution is 2.15. The molecule has 0 radical (unpaired) electrons. The fourth-order valence-electron chi connectivity index (χ4n) is 1.84. The molecule has 1 heterocycles. The van der Waals surface area contributed by atoms with Gasteiger partial charge < -0.3 is 5.73 Å². The second-order valence-corrected chi connectivity index (χ2v) is 6.52. The van der Waals surface area contributed by atoms with Crippen molar-refractivity contribution in [3.63, 3.8) is 0 Å². The number of hydrogen-bond acceptors (Lipinski definition) is 4. The molecule has 20 heavy (non-hydrogen) atoms. The summed E-state index contributed by atoms with van der Waals surface area (Å²) in [4.78, 5) is 0.185. The Kier molecular flexibility index (Phi) is 4.53. The van der Waals surface area contributed by atoms with Gasteiger partial charge in [0.1, 0.15) is 4.90 Å². The van der Waals surface area contributed by atoms with Crippen LogP contribution in [-0.2, 0) is 23.1 Å². The quantitative estimate of drug-likeness (QED) is 0.848. The van der Waals surface area contributed by atoms with Crippen molar-refractivity contribution in [3.8, 4) is 0 Å². The molecule has 108 valence electrons. The average molecular weight is 294 g/mol. The lowest BCUT2D eigenvalue weighted by atomic mass is 10.2. The number of rotatable bonds is 6.